The maximum absolute atomic E-state index is 12.3. The molecule has 26 heavy (non-hydrogen) atoms. The zero-order valence-corrected chi connectivity index (χ0v) is 14.8. The minimum Gasteiger partial charge on any atom is -0.476 e. The van der Waals surface area contributed by atoms with Gasteiger partial charge in [0.1, 0.15) is 5.75 Å². The van der Waals surface area contributed by atoms with Crippen LogP contribution in [-0.2, 0) is 14.6 Å². The third-order valence-corrected chi connectivity index (χ3v) is 6.53. The molecule has 1 aliphatic rings. The molecular formula is C17H19N3O5S. The SMILES string of the molecule is O=C(CS(=O)(=O)C1CCCC1)Nc1ccccc1-n1ccc(C(=O)O)n1. The molecule has 1 aromatic heterocycles. The zero-order valence-electron chi connectivity index (χ0n) is 14.0. The average molecular weight is 377 g/mol. The van der Waals surface area contributed by atoms with Crippen LogP contribution in [0.5, 0.6) is 0 Å². The molecule has 0 spiro atoms. The smallest absolute Gasteiger partial charge is 0.356 e. The van der Waals surface area contributed by atoms with Crippen molar-refractivity contribution in [3.63, 3.8) is 0 Å². The van der Waals surface area contributed by atoms with Crippen LogP contribution in [0.25, 0.3) is 5.69 Å². The molecule has 0 saturated heterocycles. The number of rotatable bonds is 6. The van der Waals surface area contributed by atoms with E-state index in [1.54, 1.807) is 24.3 Å². The van der Waals surface area contributed by atoms with Crippen LogP contribution in [0.1, 0.15) is 36.2 Å². The van der Waals surface area contributed by atoms with Gasteiger partial charge in [0, 0.05) is 6.20 Å². The monoisotopic (exact) mass is 377 g/mol. The van der Waals surface area contributed by atoms with Crippen LogP contribution in [0.4, 0.5) is 5.69 Å². The Morgan fingerprint density at radius 3 is 2.54 bits per heavy atom. The van der Waals surface area contributed by atoms with E-state index in [4.69, 9.17) is 5.11 Å². The van der Waals surface area contributed by atoms with E-state index in [-0.39, 0.29) is 5.69 Å². The zero-order chi connectivity index (χ0) is 18.7. The van der Waals surface area contributed by atoms with E-state index in [1.807, 2.05) is 0 Å². The first-order chi connectivity index (χ1) is 12.4. The minimum atomic E-state index is -3.48. The molecule has 138 valence electrons. The summed E-state index contributed by atoms with van der Waals surface area (Å²) < 4.78 is 26.0. The van der Waals surface area contributed by atoms with Crippen LogP contribution in [0.15, 0.2) is 36.5 Å². The molecule has 8 nitrogen and oxygen atoms in total. The summed E-state index contributed by atoms with van der Waals surface area (Å²) in [5, 5.41) is 15.1. The van der Waals surface area contributed by atoms with Crippen molar-refractivity contribution >= 4 is 27.4 Å². The van der Waals surface area contributed by atoms with E-state index < -0.39 is 32.7 Å². The number of nitrogens with zero attached hydrogens (tertiary/aromatic N) is 2. The fraction of sp³-hybridized carbons (Fsp3) is 0.353. The molecule has 0 bridgehead atoms. The van der Waals surface area contributed by atoms with E-state index in [9.17, 15) is 18.0 Å². The van der Waals surface area contributed by atoms with Crippen molar-refractivity contribution in [2.24, 2.45) is 0 Å². The quantitative estimate of drug-likeness (QED) is 0.793. The molecule has 1 aromatic carbocycles. The maximum atomic E-state index is 12.3. The van der Waals surface area contributed by atoms with Gasteiger partial charge >= 0.3 is 5.97 Å². The van der Waals surface area contributed by atoms with Crippen LogP contribution in [0.3, 0.4) is 0 Å². The Hall–Kier alpha value is -2.68. The number of aromatic nitrogens is 2. The number of nitrogens with one attached hydrogen (secondary N) is 1. The lowest BCUT2D eigenvalue weighted by molar-refractivity contribution is -0.113. The molecule has 2 aromatic rings. The number of hydrogen-bond acceptors (Lipinski definition) is 5. The van der Waals surface area contributed by atoms with Gasteiger partial charge in [-0.05, 0) is 31.0 Å². The van der Waals surface area contributed by atoms with Gasteiger partial charge in [-0.3, -0.25) is 4.79 Å². The molecule has 0 radical (unpaired) electrons. The standard InChI is InChI=1S/C17H19N3O5S/c21-16(11-26(24,25)12-5-1-2-6-12)18-13-7-3-4-8-15(13)20-10-9-14(19-20)17(22)23/h3-4,7-10,12H,1-2,5-6,11H2,(H,18,21)(H,22,23). The molecule has 2 N–H and O–H groups in total. The highest BCUT2D eigenvalue weighted by atomic mass is 32.2. The second-order valence-electron chi connectivity index (χ2n) is 6.23. The highest BCUT2D eigenvalue weighted by molar-refractivity contribution is 7.92. The van der Waals surface area contributed by atoms with Gasteiger partial charge in [0.05, 0.1) is 16.6 Å². The van der Waals surface area contributed by atoms with E-state index >= 15 is 0 Å². The summed E-state index contributed by atoms with van der Waals surface area (Å²) in [4.78, 5) is 23.2. The Bertz CT molecular complexity index is 929. The number of amides is 1. The molecule has 0 atom stereocenters. The number of carboxylic acid groups (broad SMARTS) is 1. The molecule has 1 heterocycles. The van der Waals surface area contributed by atoms with E-state index in [0.29, 0.717) is 24.2 Å². The van der Waals surface area contributed by atoms with Gasteiger partial charge in [-0.25, -0.2) is 17.9 Å². The van der Waals surface area contributed by atoms with Gasteiger partial charge in [0.25, 0.3) is 0 Å². The predicted octanol–water partition coefficient (Wildman–Crippen LogP) is 1.87. The maximum Gasteiger partial charge on any atom is 0.356 e. The number of benzene rings is 1. The summed E-state index contributed by atoms with van der Waals surface area (Å²) in [7, 11) is -3.48. The van der Waals surface area contributed by atoms with Crippen molar-refractivity contribution in [3.8, 4) is 5.69 Å². The van der Waals surface area contributed by atoms with Crippen molar-refractivity contribution < 1.29 is 23.1 Å². The first-order valence-electron chi connectivity index (χ1n) is 8.26. The number of sulfone groups is 1. The third kappa shape index (κ3) is 3.93. The fourth-order valence-electron chi connectivity index (χ4n) is 3.09. The number of para-hydroxylation sites is 2. The van der Waals surface area contributed by atoms with Gasteiger partial charge in [0.15, 0.2) is 15.5 Å². The van der Waals surface area contributed by atoms with Gasteiger partial charge < -0.3 is 10.4 Å². The van der Waals surface area contributed by atoms with Crippen LogP contribution in [0, 0.1) is 0 Å². The van der Waals surface area contributed by atoms with Gasteiger partial charge in [-0.15, -0.1) is 0 Å². The predicted molar refractivity (Wildman–Crippen MR) is 95.2 cm³/mol. The number of anilines is 1. The highest BCUT2D eigenvalue weighted by Crippen LogP contribution is 2.26. The summed E-state index contributed by atoms with van der Waals surface area (Å²) in [5.41, 5.74) is 0.681. The topological polar surface area (TPSA) is 118 Å². The van der Waals surface area contributed by atoms with Gasteiger partial charge in [-0.2, -0.15) is 5.10 Å². The Balaban J connectivity index is 1.77. The van der Waals surface area contributed by atoms with Crippen molar-refractivity contribution in [2.45, 2.75) is 30.9 Å². The summed E-state index contributed by atoms with van der Waals surface area (Å²) >= 11 is 0. The Kier molecular flexibility index (Phi) is 5.08. The molecule has 1 amide bonds. The first kappa shape index (κ1) is 18.1. The van der Waals surface area contributed by atoms with Crippen LogP contribution in [0.2, 0.25) is 0 Å². The Morgan fingerprint density at radius 2 is 1.88 bits per heavy atom. The second kappa shape index (κ2) is 7.28. The van der Waals surface area contributed by atoms with E-state index in [2.05, 4.69) is 10.4 Å². The van der Waals surface area contributed by atoms with Crippen molar-refractivity contribution in [1.82, 2.24) is 9.78 Å². The van der Waals surface area contributed by atoms with E-state index in [1.165, 1.54) is 16.9 Å². The summed E-state index contributed by atoms with van der Waals surface area (Å²) in [6.45, 7) is 0. The molecule has 0 unspecified atom stereocenters. The van der Waals surface area contributed by atoms with Crippen molar-refractivity contribution in [3.05, 3.63) is 42.2 Å². The number of hydrogen-bond donors (Lipinski definition) is 2. The second-order valence-corrected chi connectivity index (χ2v) is 8.51. The summed E-state index contributed by atoms with van der Waals surface area (Å²) in [5.74, 6) is -2.34. The fourth-order valence-corrected chi connectivity index (χ4v) is 4.81. The van der Waals surface area contributed by atoms with Gasteiger partial charge in [-0.1, -0.05) is 25.0 Å². The van der Waals surface area contributed by atoms with Crippen LogP contribution in [-0.4, -0.2) is 46.2 Å². The molecule has 1 saturated carbocycles. The number of carbonyl (C=O) groups excluding carboxylic acids is 1. The molecule has 1 aliphatic carbocycles. The Labute approximate surface area is 150 Å². The number of carboxylic acids is 1. The lowest BCUT2D eigenvalue weighted by atomic mass is 10.2. The van der Waals surface area contributed by atoms with Crippen molar-refractivity contribution in [2.75, 3.05) is 11.1 Å². The molecular weight excluding hydrogens is 358 g/mol. The number of aromatic carboxylic acids is 1. The highest BCUT2D eigenvalue weighted by Gasteiger charge is 2.30. The summed E-state index contributed by atoms with van der Waals surface area (Å²) in [6.07, 6.45) is 4.43. The number of carbonyl (C=O) groups is 2. The summed E-state index contributed by atoms with van der Waals surface area (Å²) in [6, 6.07) is 8.00. The molecule has 0 aliphatic heterocycles. The third-order valence-electron chi connectivity index (χ3n) is 4.38. The minimum absolute atomic E-state index is 0.130. The van der Waals surface area contributed by atoms with E-state index in [0.717, 1.165) is 12.8 Å². The lowest BCUT2D eigenvalue weighted by Gasteiger charge is -2.13. The first-order valence-corrected chi connectivity index (χ1v) is 9.98. The van der Waals surface area contributed by atoms with Gasteiger partial charge in [0.2, 0.25) is 5.91 Å². The molecule has 3 rings (SSSR count). The average Bonchev–Trinajstić information content (AvgIpc) is 3.27. The van der Waals surface area contributed by atoms with Crippen molar-refractivity contribution in [1.29, 1.82) is 0 Å². The largest absolute Gasteiger partial charge is 0.476 e. The van der Waals surface area contributed by atoms with Crippen LogP contribution < -0.4 is 5.32 Å². The molecule has 9 heteroatoms. The lowest BCUT2D eigenvalue weighted by Crippen LogP contribution is -2.29. The molecule has 1 fully saturated rings. The normalized spacial score (nSPS) is 15.1. The van der Waals surface area contributed by atoms with Crippen LogP contribution >= 0.6 is 0 Å². The Morgan fingerprint density at radius 1 is 1.19 bits per heavy atom.